The molecule has 1 aliphatic heterocycles. The third-order valence-electron chi connectivity index (χ3n) is 4.25. The van der Waals surface area contributed by atoms with Gasteiger partial charge in [0.1, 0.15) is 18.1 Å². The van der Waals surface area contributed by atoms with Crippen molar-refractivity contribution in [1.82, 2.24) is 14.8 Å². The van der Waals surface area contributed by atoms with Crippen LogP contribution in [0.3, 0.4) is 0 Å². The van der Waals surface area contributed by atoms with Gasteiger partial charge in [0.15, 0.2) is 0 Å². The predicted octanol–water partition coefficient (Wildman–Crippen LogP) is 4.06. The van der Waals surface area contributed by atoms with Crippen LogP contribution in [0.25, 0.3) is 5.70 Å². The van der Waals surface area contributed by atoms with Crippen LogP contribution in [-0.2, 0) is 0 Å². The Hall–Kier alpha value is -2.73. The number of nitrogens with one attached hydrogen (secondary N) is 1. The third kappa shape index (κ3) is 3.00. The van der Waals surface area contributed by atoms with E-state index >= 15 is 0 Å². The van der Waals surface area contributed by atoms with Crippen molar-refractivity contribution in [2.45, 2.75) is 10.9 Å². The Labute approximate surface area is 150 Å². The molecule has 0 unspecified atom stereocenters. The molecule has 0 spiro atoms. The first-order chi connectivity index (χ1) is 12.3. The number of methoxy groups -OCH3 is 1. The maximum absolute atomic E-state index is 5.35. The van der Waals surface area contributed by atoms with E-state index in [4.69, 9.17) is 4.74 Å². The average molecular weight is 350 g/mol. The molecule has 2 aromatic carbocycles. The number of thioether (sulfide) groups is 1. The lowest BCUT2D eigenvalue weighted by Crippen LogP contribution is -2.20. The van der Waals surface area contributed by atoms with Crippen molar-refractivity contribution in [3.8, 4) is 5.75 Å². The molecular formula is C19H18N4OS. The molecule has 0 aliphatic carbocycles. The van der Waals surface area contributed by atoms with E-state index in [0.29, 0.717) is 0 Å². The van der Waals surface area contributed by atoms with E-state index < -0.39 is 0 Å². The maximum atomic E-state index is 5.35. The molecule has 2 heterocycles. The summed E-state index contributed by atoms with van der Waals surface area (Å²) in [5, 5.41) is 7.75. The van der Waals surface area contributed by atoms with Crippen LogP contribution in [0.4, 0.5) is 5.95 Å². The molecule has 0 saturated heterocycles. The molecule has 1 atom stereocenters. The van der Waals surface area contributed by atoms with E-state index in [-0.39, 0.29) is 6.04 Å². The number of hydrogen-bond acceptors (Lipinski definition) is 5. The summed E-state index contributed by atoms with van der Waals surface area (Å²) in [7, 11) is 1.68. The molecule has 0 bridgehead atoms. The molecule has 0 amide bonds. The Morgan fingerprint density at radius 2 is 2.00 bits per heavy atom. The summed E-state index contributed by atoms with van der Waals surface area (Å²) in [6, 6.07) is 16.6. The Bertz CT molecular complexity index is 917. The van der Waals surface area contributed by atoms with Gasteiger partial charge >= 0.3 is 0 Å². The lowest BCUT2D eigenvalue weighted by atomic mass is 10.0. The van der Waals surface area contributed by atoms with Crippen LogP contribution in [0.15, 0.2) is 65.8 Å². The summed E-state index contributed by atoms with van der Waals surface area (Å²) in [4.78, 5) is 5.59. The highest BCUT2D eigenvalue weighted by atomic mass is 32.2. The average Bonchev–Trinajstić information content (AvgIpc) is 3.16. The molecule has 1 aromatic heterocycles. The molecule has 6 heteroatoms. The number of rotatable bonds is 4. The van der Waals surface area contributed by atoms with Gasteiger partial charge in [-0.1, -0.05) is 24.3 Å². The van der Waals surface area contributed by atoms with Gasteiger partial charge in [0, 0.05) is 16.2 Å². The number of fused-ring (bicyclic) bond motifs is 1. The zero-order valence-electron chi connectivity index (χ0n) is 14.0. The minimum Gasteiger partial charge on any atom is -0.497 e. The summed E-state index contributed by atoms with van der Waals surface area (Å²) in [5.74, 6) is 1.56. The largest absolute Gasteiger partial charge is 0.497 e. The highest BCUT2D eigenvalue weighted by Gasteiger charge is 2.23. The van der Waals surface area contributed by atoms with Gasteiger partial charge in [-0.3, -0.25) is 0 Å². The fourth-order valence-electron chi connectivity index (χ4n) is 2.93. The van der Waals surface area contributed by atoms with E-state index in [9.17, 15) is 0 Å². The Kier molecular flexibility index (Phi) is 4.19. The molecule has 4 rings (SSSR count). The van der Waals surface area contributed by atoms with Crippen LogP contribution in [0, 0.1) is 0 Å². The normalized spacial score (nSPS) is 15.9. The highest BCUT2D eigenvalue weighted by Crippen LogP contribution is 2.33. The van der Waals surface area contributed by atoms with Crippen molar-refractivity contribution < 1.29 is 4.74 Å². The second kappa shape index (κ2) is 6.64. The van der Waals surface area contributed by atoms with Crippen LogP contribution in [-0.4, -0.2) is 28.1 Å². The first kappa shape index (κ1) is 15.8. The van der Waals surface area contributed by atoms with Gasteiger partial charge < -0.3 is 10.1 Å². The van der Waals surface area contributed by atoms with E-state index in [2.05, 4.69) is 58.1 Å². The number of hydrogen-bond donors (Lipinski definition) is 1. The summed E-state index contributed by atoms with van der Waals surface area (Å²) >= 11 is 1.74. The van der Waals surface area contributed by atoms with Gasteiger partial charge in [0.2, 0.25) is 5.95 Å². The highest BCUT2D eigenvalue weighted by molar-refractivity contribution is 7.98. The summed E-state index contributed by atoms with van der Waals surface area (Å²) in [6.07, 6.45) is 5.83. The molecular weight excluding hydrogens is 332 g/mol. The number of anilines is 1. The van der Waals surface area contributed by atoms with E-state index in [1.54, 1.807) is 25.2 Å². The van der Waals surface area contributed by atoms with Gasteiger partial charge in [0.05, 0.1) is 7.11 Å². The second-order valence-electron chi connectivity index (χ2n) is 5.68. The molecule has 0 fully saturated rings. The Balaban J connectivity index is 1.77. The minimum absolute atomic E-state index is 0.00384. The monoisotopic (exact) mass is 350 g/mol. The maximum Gasteiger partial charge on any atom is 0.226 e. The zero-order valence-corrected chi connectivity index (χ0v) is 14.8. The van der Waals surface area contributed by atoms with Crippen LogP contribution in [0.1, 0.15) is 17.2 Å². The second-order valence-corrected chi connectivity index (χ2v) is 6.56. The Morgan fingerprint density at radius 3 is 2.76 bits per heavy atom. The van der Waals surface area contributed by atoms with Gasteiger partial charge in [-0.2, -0.15) is 10.1 Å². The number of nitrogens with zero attached hydrogens (tertiary/aromatic N) is 3. The molecule has 25 heavy (non-hydrogen) atoms. The van der Waals surface area contributed by atoms with Crippen LogP contribution in [0.5, 0.6) is 5.75 Å². The quantitative estimate of drug-likeness (QED) is 0.719. The first-order valence-corrected chi connectivity index (χ1v) is 9.17. The zero-order chi connectivity index (χ0) is 17.2. The molecule has 0 radical (unpaired) electrons. The van der Waals surface area contributed by atoms with Crippen LogP contribution >= 0.6 is 11.8 Å². The van der Waals surface area contributed by atoms with Gasteiger partial charge in [-0.15, -0.1) is 11.8 Å². The van der Waals surface area contributed by atoms with E-state index in [1.165, 1.54) is 10.5 Å². The predicted molar refractivity (Wildman–Crippen MR) is 101 cm³/mol. The number of benzene rings is 2. The third-order valence-corrected chi connectivity index (χ3v) is 4.99. The van der Waals surface area contributed by atoms with Crippen molar-refractivity contribution in [2.24, 2.45) is 0 Å². The van der Waals surface area contributed by atoms with Crippen molar-refractivity contribution in [1.29, 1.82) is 0 Å². The van der Waals surface area contributed by atoms with Gasteiger partial charge in [0.25, 0.3) is 0 Å². The standard InChI is InChI=1S/C19H18N4OS/c1-24-15-5-3-4-14(10-15)17-11-18(23-19(22-17)20-12-21-23)13-6-8-16(25-2)9-7-13/h3-12,18H,1-2H3,(H,20,21,22)/t18-/m1/s1. The number of aromatic nitrogens is 3. The summed E-state index contributed by atoms with van der Waals surface area (Å²) in [6.45, 7) is 0. The summed E-state index contributed by atoms with van der Waals surface area (Å²) < 4.78 is 7.25. The van der Waals surface area contributed by atoms with E-state index in [1.807, 2.05) is 22.9 Å². The van der Waals surface area contributed by atoms with Crippen LogP contribution in [0.2, 0.25) is 0 Å². The van der Waals surface area contributed by atoms with Crippen molar-refractivity contribution in [2.75, 3.05) is 18.7 Å². The molecule has 1 N–H and O–H groups in total. The fourth-order valence-corrected chi connectivity index (χ4v) is 3.34. The van der Waals surface area contributed by atoms with Crippen molar-refractivity contribution >= 4 is 23.4 Å². The summed E-state index contributed by atoms with van der Waals surface area (Å²) in [5.41, 5.74) is 3.23. The molecule has 5 nitrogen and oxygen atoms in total. The van der Waals surface area contributed by atoms with Gasteiger partial charge in [-0.25, -0.2) is 4.68 Å². The van der Waals surface area contributed by atoms with Crippen molar-refractivity contribution in [3.05, 3.63) is 72.1 Å². The lowest BCUT2D eigenvalue weighted by Gasteiger charge is -2.24. The number of allylic oxidation sites excluding steroid dienone is 1. The number of ether oxygens (including phenoxy) is 1. The minimum atomic E-state index is -0.00384. The molecule has 126 valence electrons. The Morgan fingerprint density at radius 1 is 1.16 bits per heavy atom. The van der Waals surface area contributed by atoms with E-state index in [0.717, 1.165) is 23.0 Å². The van der Waals surface area contributed by atoms with Gasteiger partial charge in [-0.05, 0) is 42.2 Å². The molecule has 1 aliphatic rings. The van der Waals surface area contributed by atoms with Crippen molar-refractivity contribution in [3.63, 3.8) is 0 Å². The first-order valence-electron chi connectivity index (χ1n) is 7.95. The topological polar surface area (TPSA) is 52.0 Å². The SMILES string of the molecule is COc1cccc(C2=C[C@H](c3ccc(SC)cc3)n3ncnc3N2)c1. The fraction of sp³-hybridized carbons (Fsp3) is 0.158. The molecule has 3 aromatic rings. The lowest BCUT2D eigenvalue weighted by molar-refractivity contribution is 0.414. The molecule has 0 saturated carbocycles. The van der Waals surface area contributed by atoms with Crippen LogP contribution < -0.4 is 10.1 Å². The smallest absolute Gasteiger partial charge is 0.226 e.